The molecule has 2 heteroatoms. The van der Waals surface area contributed by atoms with Crippen LogP contribution in [0.3, 0.4) is 0 Å². The molecule has 0 fully saturated rings. The Hall–Kier alpha value is -1.08. The molecule has 1 aromatic carbocycles. The first-order valence-electron chi connectivity index (χ1n) is 4.62. The van der Waals surface area contributed by atoms with Crippen LogP contribution >= 0.6 is 11.6 Å². The molecule has 0 radical (unpaired) electrons. The van der Waals surface area contributed by atoms with Gasteiger partial charge in [-0.15, -0.1) is 0 Å². The largest absolute Gasteiger partial charge is 0.253 e. The maximum absolute atomic E-state index is 6.05. The van der Waals surface area contributed by atoms with Crippen LogP contribution in [0.15, 0.2) is 18.2 Å². The summed E-state index contributed by atoms with van der Waals surface area (Å²) < 4.78 is 0. The fraction of sp³-hybridized carbons (Fsp3) is 0.250. The fourth-order valence-electron chi connectivity index (χ4n) is 1.74. The predicted octanol–water partition coefficient (Wildman–Crippen LogP) is 3.81. The van der Waals surface area contributed by atoms with Crippen molar-refractivity contribution in [2.24, 2.45) is 0 Å². The Bertz CT molecular complexity index is 503. The number of halogens is 1. The van der Waals surface area contributed by atoms with E-state index in [1.807, 2.05) is 26.0 Å². The summed E-state index contributed by atoms with van der Waals surface area (Å²) in [7, 11) is 0. The van der Waals surface area contributed by atoms with Crippen LogP contribution < -0.4 is 0 Å². The Labute approximate surface area is 88.7 Å². The van der Waals surface area contributed by atoms with Gasteiger partial charge < -0.3 is 0 Å². The van der Waals surface area contributed by atoms with E-state index in [2.05, 4.69) is 18.0 Å². The Morgan fingerprint density at radius 2 is 1.86 bits per heavy atom. The number of rotatable bonds is 0. The molecule has 1 nitrogen and oxygen atoms in total. The van der Waals surface area contributed by atoms with Gasteiger partial charge in [-0.1, -0.05) is 17.7 Å². The van der Waals surface area contributed by atoms with Crippen LogP contribution in [0.2, 0.25) is 5.02 Å². The second-order valence-corrected chi connectivity index (χ2v) is 4.06. The molecule has 0 spiro atoms. The summed E-state index contributed by atoms with van der Waals surface area (Å²) in [6.07, 6.45) is 0. The summed E-state index contributed by atoms with van der Waals surface area (Å²) in [5.74, 6) is 0. The zero-order valence-electron chi connectivity index (χ0n) is 8.56. The van der Waals surface area contributed by atoms with E-state index in [9.17, 15) is 0 Å². The Morgan fingerprint density at radius 3 is 2.57 bits per heavy atom. The molecular formula is C12H12ClN. The highest BCUT2D eigenvalue weighted by Crippen LogP contribution is 2.26. The maximum Gasteiger partial charge on any atom is 0.0751 e. The van der Waals surface area contributed by atoms with Crippen LogP contribution in [0.5, 0.6) is 0 Å². The van der Waals surface area contributed by atoms with Gasteiger partial charge in [0.05, 0.1) is 5.52 Å². The quantitative estimate of drug-likeness (QED) is 0.637. The molecule has 0 N–H and O–H groups in total. The standard InChI is InChI=1S/C12H12ClN/c1-7-6-8(2)14-12-9(3)11(13)5-4-10(7)12/h4-6H,1-3H3. The zero-order chi connectivity index (χ0) is 10.3. The average Bonchev–Trinajstić information content (AvgIpc) is 2.12. The number of hydrogen-bond acceptors (Lipinski definition) is 1. The van der Waals surface area contributed by atoms with Crippen molar-refractivity contribution in [3.05, 3.63) is 40.0 Å². The van der Waals surface area contributed by atoms with Gasteiger partial charge in [-0.3, -0.25) is 4.98 Å². The summed E-state index contributed by atoms with van der Waals surface area (Å²) in [4.78, 5) is 4.51. The van der Waals surface area contributed by atoms with E-state index in [1.165, 1.54) is 10.9 Å². The lowest BCUT2D eigenvalue weighted by molar-refractivity contribution is 1.22. The van der Waals surface area contributed by atoms with Gasteiger partial charge in [-0.05, 0) is 44.0 Å². The van der Waals surface area contributed by atoms with Gasteiger partial charge in [0.15, 0.2) is 0 Å². The van der Waals surface area contributed by atoms with Crippen LogP contribution in [0, 0.1) is 20.8 Å². The SMILES string of the molecule is Cc1cc(C)c2ccc(Cl)c(C)c2n1. The number of nitrogens with zero attached hydrogens (tertiary/aromatic N) is 1. The highest BCUT2D eigenvalue weighted by atomic mass is 35.5. The molecule has 0 aliphatic heterocycles. The second-order valence-electron chi connectivity index (χ2n) is 3.65. The molecule has 0 amide bonds. The smallest absolute Gasteiger partial charge is 0.0751 e. The zero-order valence-corrected chi connectivity index (χ0v) is 9.31. The minimum absolute atomic E-state index is 0.787. The van der Waals surface area contributed by atoms with Gasteiger partial charge in [0, 0.05) is 16.1 Å². The molecule has 0 bridgehead atoms. The summed E-state index contributed by atoms with van der Waals surface area (Å²) in [5.41, 5.74) is 4.39. The average molecular weight is 206 g/mol. The van der Waals surface area contributed by atoms with Crippen molar-refractivity contribution in [1.29, 1.82) is 0 Å². The van der Waals surface area contributed by atoms with Gasteiger partial charge in [-0.25, -0.2) is 0 Å². The molecular weight excluding hydrogens is 194 g/mol. The normalized spacial score (nSPS) is 10.9. The highest BCUT2D eigenvalue weighted by molar-refractivity contribution is 6.32. The van der Waals surface area contributed by atoms with Crippen molar-refractivity contribution in [2.75, 3.05) is 0 Å². The Kier molecular flexibility index (Phi) is 2.20. The number of benzene rings is 1. The molecule has 0 unspecified atom stereocenters. The van der Waals surface area contributed by atoms with E-state index in [-0.39, 0.29) is 0 Å². The van der Waals surface area contributed by atoms with E-state index in [1.54, 1.807) is 0 Å². The molecule has 72 valence electrons. The number of fused-ring (bicyclic) bond motifs is 1. The Balaban J connectivity index is 2.95. The van der Waals surface area contributed by atoms with Gasteiger partial charge >= 0.3 is 0 Å². The molecule has 1 aromatic heterocycles. The van der Waals surface area contributed by atoms with E-state index in [0.717, 1.165) is 21.8 Å². The van der Waals surface area contributed by atoms with Crippen LogP contribution in [-0.2, 0) is 0 Å². The molecule has 2 rings (SSSR count). The summed E-state index contributed by atoms with van der Waals surface area (Å²) in [5, 5.41) is 1.98. The van der Waals surface area contributed by atoms with Crippen molar-refractivity contribution < 1.29 is 0 Å². The van der Waals surface area contributed by atoms with E-state index < -0.39 is 0 Å². The first-order valence-corrected chi connectivity index (χ1v) is 5.00. The number of hydrogen-bond donors (Lipinski definition) is 0. The van der Waals surface area contributed by atoms with Crippen molar-refractivity contribution >= 4 is 22.5 Å². The van der Waals surface area contributed by atoms with E-state index >= 15 is 0 Å². The van der Waals surface area contributed by atoms with Crippen LogP contribution in [0.1, 0.15) is 16.8 Å². The summed E-state index contributed by atoms with van der Waals surface area (Å²) in [6.45, 7) is 6.12. The Morgan fingerprint density at radius 1 is 1.14 bits per heavy atom. The minimum atomic E-state index is 0.787. The first kappa shape index (κ1) is 9.47. The third-order valence-corrected chi connectivity index (χ3v) is 2.91. The van der Waals surface area contributed by atoms with Gasteiger partial charge in [-0.2, -0.15) is 0 Å². The first-order chi connectivity index (χ1) is 6.59. The van der Waals surface area contributed by atoms with Crippen molar-refractivity contribution in [1.82, 2.24) is 4.98 Å². The molecule has 0 aliphatic rings. The molecule has 2 aromatic rings. The minimum Gasteiger partial charge on any atom is -0.253 e. The lowest BCUT2D eigenvalue weighted by Crippen LogP contribution is -1.90. The predicted molar refractivity (Wildman–Crippen MR) is 61.0 cm³/mol. The van der Waals surface area contributed by atoms with Gasteiger partial charge in [0.2, 0.25) is 0 Å². The van der Waals surface area contributed by atoms with Crippen LogP contribution in [0.4, 0.5) is 0 Å². The third-order valence-electron chi connectivity index (χ3n) is 2.50. The van der Waals surface area contributed by atoms with Gasteiger partial charge in [0.1, 0.15) is 0 Å². The lowest BCUT2D eigenvalue weighted by Gasteiger charge is -2.07. The van der Waals surface area contributed by atoms with Crippen LogP contribution in [-0.4, -0.2) is 4.98 Å². The monoisotopic (exact) mass is 205 g/mol. The van der Waals surface area contributed by atoms with Crippen LogP contribution in [0.25, 0.3) is 10.9 Å². The third kappa shape index (κ3) is 1.38. The number of pyridine rings is 1. The van der Waals surface area contributed by atoms with Crippen molar-refractivity contribution in [2.45, 2.75) is 20.8 Å². The molecule has 14 heavy (non-hydrogen) atoms. The highest BCUT2D eigenvalue weighted by Gasteiger charge is 2.05. The molecule has 0 atom stereocenters. The summed E-state index contributed by atoms with van der Waals surface area (Å²) >= 11 is 6.05. The molecule has 1 heterocycles. The molecule has 0 saturated heterocycles. The number of aromatic nitrogens is 1. The topological polar surface area (TPSA) is 12.9 Å². The van der Waals surface area contributed by atoms with Gasteiger partial charge in [0.25, 0.3) is 0 Å². The van der Waals surface area contributed by atoms with Crippen molar-refractivity contribution in [3.8, 4) is 0 Å². The second kappa shape index (κ2) is 3.25. The van der Waals surface area contributed by atoms with E-state index in [0.29, 0.717) is 0 Å². The van der Waals surface area contributed by atoms with E-state index in [4.69, 9.17) is 11.6 Å². The molecule has 0 aliphatic carbocycles. The van der Waals surface area contributed by atoms with Crippen molar-refractivity contribution in [3.63, 3.8) is 0 Å². The number of aryl methyl sites for hydroxylation is 3. The molecule has 0 saturated carbocycles. The summed E-state index contributed by atoms with van der Waals surface area (Å²) in [6, 6.07) is 6.06. The maximum atomic E-state index is 6.05. The fourth-order valence-corrected chi connectivity index (χ4v) is 1.89. The lowest BCUT2D eigenvalue weighted by atomic mass is 10.1.